The van der Waals surface area contributed by atoms with Crippen molar-refractivity contribution in [1.29, 1.82) is 0 Å². The zero-order valence-electron chi connectivity index (χ0n) is 18.3. The molecule has 0 saturated carbocycles. The van der Waals surface area contributed by atoms with E-state index in [2.05, 4.69) is 10.1 Å². The van der Waals surface area contributed by atoms with Gasteiger partial charge in [-0.3, -0.25) is 14.3 Å². The van der Waals surface area contributed by atoms with Crippen LogP contribution in [0.5, 0.6) is 0 Å². The van der Waals surface area contributed by atoms with Gasteiger partial charge < -0.3 is 9.80 Å². The van der Waals surface area contributed by atoms with E-state index in [1.54, 1.807) is 29.2 Å². The highest BCUT2D eigenvalue weighted by Gasteiger charge is 2.36. The zero-order valence-corrected chi connectivity index (χ0v) is 18.3. The molecule has 0 fully saturated rings. The smallest absolute Gasteiger partial charge is 0.258 e. The summed E-state index contributed by atoms with van der Waals surface area (Å²) < 4.78 is 1.82. The number of benzene rings is 2. The molecule has 4 rings (SSSR count). The van der Waals surface area contributed by atoms with Gasteiger partial charge in [-0.15, -0.1) is 0 Å². The number of nitrogens with zero attached hydrogens (tertiary/aromatic N) is 5. The molecule has 1 atom stereocenters. The van der Waals surface area contributed by atoms with Gasteiger partial charge in [-0.1, -0.05) is 18.2 Å². The van der Waals surface area contributed by atoms with Gasteiger partial charge in [-0.05, 0) is 56.7 Å². The topological polar surface area (TPSA) is 71.3 Å². The van der Waals surface area contributed by atoms with E-state index in [9.17, 15) is 9.59 Å². The summed E-state index contributed by atoms with van der Waals surface area (Å²) in [6, 6.07) is 15.0. The molecule has 0 radical (unpaired) electrons. The molecule has 0 saturated heterocycles. The number of rotatable bonds is 5. The van der Waals surface area contributed by atoms with Crippen molar-refractivity contribution in [2.45, 2.75) is 32.7 Å². The number of anilines is 1. The lowest BCUT2D eigenvalue weighted by molar-refractivity contribution is 0.0802. The van der Waals surface area contributed by atoms with Crippen LogP contribution in [-0.2, 0) is 0 Å². The summed E-state index contributed by atoms with van der Waals surface area (Å²) in [5.41, 5.74) is 2.93. The van der Waals surface area contributed by atoms with Crippen LogP contribution in [0.15, 0.2) is 54.9 Å². The normalized spacial score (nSPS) is 15.3. The predicted molar refractivity (Wildman–Crippen MR) is 119 cm³/mol. The fourth-order valence-electron chi connectivity index (χ4n) is 3.80. The van der Waals surface area contributed by atoms with Gasteiger partial charge in [-0.2, -0.15) is 5.10 Å². The average molecular weight is 418 g/mol. The van der Waals surface area contributed by atoms with Gasteiger partial charge in [0.2, 0.25) is 0 Å². The van der Waals surface area contributed by atoms with Crippen LogP contribution in [0.25, 0.3) is 0 Å². The van der Waals surface area contributed by atoms with E-state index in [0.29, 0.717) is 30.0 Å². The first-order valence-electron chi connectivity index (χ1n) is 10.6. The Balaban J connectivity index is 1.77. The highest BCUT2D eigenvalue weighted by Crippen LogP contribution is 2.40. The van der Waals surface area contributed by atoms with Crippen LogP contribution in [0, 0.1) is 0 Å². The van der Waals surface area contributed by atoms with Crippen molar-refractivity contribution in [1.82, 2.24) is 19.7 Å². The molecule has 2 aromatic carbocycles. The highest BCUT2D eigenvalue weighted by molar-refractivity contribution is 6.08. The number of hydrogen-bond acceptors (Lipinski definition) is 4. The van der Waals surface area contributed by atoms with Crippen LogP contribution in [0.2, 0.25) is 0 Å². The molecule has 31 heavy (non-hydrogen) atoms. The lowest BCUT2D eigenvalue weighted by atomic mass is 9.98. The van der Waals surface area contributed by atoms with Gasteiger partial charge >= 0.3 is 0 Å². The largest absolute Gasteiger partial charge is 0.342 e. The summed E-state index contributed by atoms with van der Waals surface area (Å²) >= 11 is 0. The third kappa shape index (κ3) is 3.83. The van der Waals surface area contributed by atoms with Crippen LogP contribution in [0.4, 0.5) is 5.69 Å². The molecular weight excluding hydrogens is 390 g/mol. The van der Waals surface area contributed by atoms with Crippen molar-refractivity contribution in [2.75, 3.05) is 25.0 Å². The van der Waals surface area contributed by atoms with E-state index in [4.69, 9.17) is 0 Å². The van der Waals surface area contributed by atoms with Crippen LogP contribution in [0.1, 0.15) is 64.8 Å². The summed E-state index contributed by atoms with van der Waals surface area (Å²) in [4.78, 5) is 34.0. The summed E-state index contributed by atoms with van der Waals surface area (Å²) in [6.45, 7) is 7.09. The minimum Gasteiger partial charge on any atom is -0.342 e. The monoisotopic (exact) mass is 417 g/mol. The van der Waals surface area contributed by atoms with E-state index in [1.807, 2.05) is 67.9 Å². The maximum atomic E-state index is 13.3. The summed E-state index contributed by atoms with van der Waals surface area (Å²) in [6.07, 6.45) is 1.72. The Morgan fingerprint density at radius 2 is 1.87 bits per heavy atom. The van der Waals surface area contributed by atoms with Gasteiger partial charge in [-0.25, -0.2) is 4.98 Å². The fraction of sp³-hybridized carbons (Fsp3) is 0.333. The van der Waals surface area contributed by atoms with Crippen molar-refractivity contribution >= 4 is 17.5 Å². The third-order valence-corrected chi connectivity index (χ3v) is 5.76. The van der Waals surface area contributed by atoms with E-state index < -0.39 is 0 Å². The Labute approximate surface area is 182 Å². The maximum absolute atomic E-state index is 13.3. The second kappa shape index (κ2) is 8.34. The number of hydrogen-bond donors (Lipinski definition) is 0. The Morgan fingerprint density at radius 3 is 2.52 bits per heavy atom. The van der Waals surface area contributed by atoms with Crippen molar-refractivity contribution in [3.8, 4) is 0 Å². The molecule has 3 aromatic rings. The maximum Gasteiger partial charge on any atom is 0.258 e. The van der Waals surface area contributed by atoms with Crippen LogP contribution in [0.3, 0.4) is 0 Å². The van der Waals surface area contributed by atoms with Crippen molar-refractivity contribution in [3.63, 3.8) is 0 Å². The molecule has 2 amide bonds. The molecule has 0 unspecified atom stereocenters. The molecule has 1 aliphatic heterocycles. The van der Waals surface area contributed by atoms with Gasteiger partial charge in [0.05, 0.1) is 5.92 Å². The Bertz CT molecular complexity index is 1110. The Morgan fingerprint density at radius 1 is 1.13 bits per heavy atom. The molecule has 0 bridgehead atoms. The van der Waals surface area contributed by atoms with Crippen LogP contribution in [-0.4, -0.2) is 51.6 Å². The lowest BCUT2D eigenvalue weighted by Gasteiger charge is -2.18. The first-order valence-corrected chi connectivity index (χ1v) is 10.6. The quantitative estimate of drug-likeness (QED) is 0.634. The van der Waals surface area contributed by atoms with Gasteiger partial charge in [0.1, 0.15) is 6.33 Å². The predicted octanol–water partition coefficient (Wildman–Crippen LogP) is 3.74. The van der Waals surface area contributed by atoms with Crippen molar-refractivity contribution in [2.24, 2.45) is 0 Å². The number of carbonyl (C=O) groups excluding carboxylic acids is 2. The summed E-state index contributed by atoms with van der Waals surface area (Å²) in [5.74, 6) is 0.351. The number of carbonyl (C=O) groups is 2. The standard InChI is InChI=1S/C24H27N5O2/c1-5-27(4)23(30)18-11-12-21-19(13-18)20(22-25-15-29(26-22)16(2)3)14-28(21)24(31)17-9-7-6-8-10-17/h6-13,15-16,20H,5,14H2,1-4H3/t20-/m0/s1. The first-order chi connectivity index (χ1) is 14.9. The molecule has 1 aromatic heterocycles. The first kappa shape index (κ1) is 20.8. The SMILES string of the molecule is CCN(C)C(=O)c1ccc2c(c1)[C@@H](c1ncn(C(C)C)n1)CN2C(=O)c1ccccc1. The Kier molecular flexibility index (Phi) is 5.59. The highest BCUT2D eigenvalue weighted by atomic mass is 16.2. The minimum atomic E-state index is -0.192. The van der Waals surface area contributed by atoms with Crippen LogP contribution >= 0.6 is 0 Å². The van der Waals surface area contributed by atoms with Crippen molar-refractivity contribution in [3.05, 3.63) is 77.4 Å². The second-order valence-corrected chi connectivity index (χ2v) is 8.10. The molecule has 0 spiro atoms. The zero-order chi connectivity index (χ0) is 22.1. The molecule has 7 heteroatoms. The average Bonchev–Trinajstić information content (AvgIpc) is 3.43. The molecule has 2 heterocycles. The van der Waals surface area contributed by atoms with E-state index in [1.165, 1.54) is 0 Å². The van der Waals surface area contributed by atoms with Gasteiger partial charge in [0.15, 0.2) is 5.82 Å². The fourth-order valence-corrected chi connectivity index (χ4v) is 3.80. The van der Waals surface area contributed by atoms with Gasteiger partial charge in [0.25, 0.3) is 11.8 Å². The van der Waals surface area contributed by atoms with Gasteiger partial charge in [0, 0.05) is 43.0 Å². The number of amides is 2. The lowest BCUT2D eigenvalue weighted by Crippen LogP contribution is -2.30. The summed E-state index contributed by atoms with van der Waals surface area (Å²) in [5, 5.41) is 4.66. The molecule has 160 valence electrons. The molecule has 0 N–H and O–H groups in total. The molecule has 0 aliphatic carbocycles. The third-order valence-electron chi connectivity index (χ3n) is 5.76. The van der Waals surface area contributed by atoms with E-state index in [-0.39, 0.29) is 23.8 Å². The van der Waals surface area contributed by atoms with E-state index in [0.717, 1.165) is 11.3 Å². The van der Waals surface area contributed by atoms with E-state index >= 15 is 0 Å². The molecule has 7 nitrogen and oxygen atoms in total. The molecule has 1 aliphatic rings. The number of fused-ring (bicyclic) bond motifs is 1. The summed E-state index contributed by atoms with van der Waals surface area (Å²) in [7, 11) is 1.78. The van der Waals surface area contributed by atoms with Crippen molar-refractivity contribution < 1.29 is 9.59 Å². The second-order valence-electron chi connectivity index (χ2n) is 8.10. The van der Waals surface area contributed by atoms with Crippen LogP contribution < -0.4 is 4.90 Å². The minimum absolute atomic E-state index is 0.0439. The Hall–Kier alpha value is -3.48. The number of aromatic nitrogens is 3. The molecular formula is C24H27N5O2.